The van der Waals surface area contributed by atoms with Crippen LogP contribution in [0.1, 0.15) is 63.5 Å². The van der Waals surface area contributed by atoms with Crippen molar-refractivity contribution in [2.45, 2.75) is 60.0 Å². The van der Waals surface area contributed by atoms with Crippen LogP contribution in [0.3, 0.4) is 0 Å². The van der Waals surface area contributed by atoms with Crippen LogP contribution in [-0.2, 0) is 16.0 Å². The van der Waals surface area contributed by atoms with Crippen LogP contribution in [-0.4, -0.2) is 5.97 Å². The summed E-state index contributed by atoms with van der Waals surface area (Å²) in [6.45, 7) is 10.2. The molecular weight excluding hydrogens is 288 g/mol. The molecule has 3 unspecified atom stereocenters. The van der Waals surface area contributed by atoms with Crippen molar-refractivity contribution < 1.29 is 13.9 Å². The molecule has 0 radical (unpaired) electrons. The Hall–Kier alpha value is -1.77. The molecule has 124 valence electrons. The molecule has 3 nitrogen and oxygen atoms in total. The second-order valence-corrected chi connectivity index (χ2v) is 7.18. The van der Waals surface area contributed by atoms with Crippen molar-refractivity contribution in [3.05, 3.63) is 46.4 Å². The van der Waals surface area contributed by atoms with Crippen molar-refractivity contribution in [3.8, 4) is 0 Å². The summed E-state index contributed by atoms with van der Waals surface area (Å²) in [6, 6.07) is 0. The molecule has 0 fully saturated rings. The number of aryl methyl sites for hydroxylation is 1. The highest BCUT2D eigenvalue weighted by Crippen LogP contribution is 2.57. The Bertz CT molecular complexity index is 692. The van der Waals surface area contributed by atoms with Crippen LogP contribution in [0.2, 0.25) is 0 Å². The molecule has 0 bridgehead atoms. The number of esters is 1. The Labute approximate surface area is 138 Å². The number of rotatable bonds is 2. The van der Waals surface area contributed by atoms with Gasteiger partial charge >= 0.3 is 5.97 Å². The van der Waals surface area contributed by atoms with E-state index in [1.807, 2.05) is 13.8 Å². The molecule has 0 aliphatic heterocycles. The average molecular weight is 314 g/mol. The molecule has 3 heteroatoms. The zero-order valence-corrected chi connectivity index (χ0v) is 14.7. The lowest BCUT2D eigenvalue weighted by atomic mass is 9.58. The highest BCUT2D eigenvalue weighted by atomic mass is 16.5. The molecule has 2 aliphatic carbocycles. The molecule has 0 spiro atoms. The topological polar surface area (TPSA) is 39.4 Å². The standard InChI is InChI=1S/C20H26O3/c1-6-12(2)19(21)23-18-17-13(3)11-22-16(17)10-15-9-7-8-14(4)20(15,18)5/h6,9,11,14,18H,7-8,10H2,1-5H3. The van der Waals surface area contributed by atoms with Gasteiger partial charge in [-0.1, -0.05) is 31.6 Å². The first-order valence-electron chi connectivity index (χ1n) is 8.49. The average Bonchev–Trinajstić information content (AvgIpc) is 2.89. The lowest BCUT2D eigenvalue weighted by Crippen LogP contribution is -2.42. The number of furan rings is 1. The fourth-order valence-electron chi connectivity index (χ4n) is 4.00. The number of fused-ring (bicyclic) bond motifs is 2. The molecule has 1 heterocycles. The fourth-order valence-corrected chi connectivity index (χ4v) is 4.00. The van der Waals surface area contributed by atoms with Crippen LogP contribution >= 0.6 is 0 Å². The summed E-state index contributed by atoms with van der Waals surface area (Å²) in [5, 5.41) is 0. The van der Waals surface area contributed by atoms with Gasteiger partial charge in [0.05, 0.1) is 6.26 Å². The SMILES string of the molecule is CC=C(C)C(=O)OC1c2c(C)coc2CC2=CCCC(C)C21C. The number of ether oxygens (including phenoxy) is 1. The summed E-state index contributed by atoms with van der Waals surface area (Å²) in [5.74, 6) is 1.19. The summed E-state index contributed by atoms with van der Waals surface area (Å²) in [6.07, 6.45) is 8.70. The minimum Gasteiger partial charge on any atom is -0.468 e. The summed E-state index contributed by atoms with van der Waals surface area (Å²) in [7, 11) is 0. The van der Waals surface area contributed by atoms with Crippen molar-refractivity contribution in [2.75, 3.05) is 0 Å². The Morgan fingerprint density at radius 2 is 2.22 bits per heavy atom. The van der Waals surface area contributed by atoms with Crippen LogP contribution in [0.5, 0.6) is 0 Å². The number of carbonyl (C=O) groups excluding carboxylic acids is 1. The summed E-state index contributed by atoms with van der Waals surface area (Å²) >= 11 is 0. The summed E-state index contributed by atoms with van der Waals surface area (Å²) in [5.41, 5.74) is 4.01. The van der Waals surface area contributed by atoms with Crippen molar-refractivity contribution in [3.63, 3.8) is 0 Å². The second-order valence-electron chi connectivity index (χ2n) is 7.18. The zero-order valence-electron chi connectivity index (χ0n) is 14.7. The molecule has 2 aliphatic rings. The van der Waals surface area contributed by atoms with Gasteiger partial charge in [0.25, 0.3) is 0 Å². The molecule has 0 N–H and O–H groups in total. The van der Waals surface area contributed by atoms with Crippen molar-refractivity contribution >= 4 is 5.97 Å². The van der Waals surface area contributed by atoms with Gasteiger partial charge in [-0.2, -0.15) is 0 Å². The van der Waals surface area contributed by atoms with E-state index in [9.17, 15) is 4.79 Å². The Morgan fingerprint density at radius 3 is 2.91 bits per heavy atom. The highest BCUT2D eigenvalue weighted by molar-refractivity contribution is 5.88. The largest absolute Gasteiger partial charge is 0.468 e. The van der Waals surface area contributed by atoms with Crippen molar-refractivity contribution in [1.29, 1.82) is 0 Å². The first-order chi connectivity index (χ1) is 10.9. The fraction of sp³-hybridized carbons (Fsp3) is 0.550. The third-order valence-corrected chi connectivity index (χ3v) is 5.95. The van der Waals surface area contributed by atoms with E-state index in [0.29, 0.717) is 11.5 Å². The van der Waals surface area contributed by atoms with Crippen LogP contribution in [0, 0.1) is 18.3 Å². The number of carbonyl (C=O) groups is 1. The molecule has 0 amide bonds. The van der Waals surface area contributed by atoms with E-state index >= 15 is 0 Å². The molecule has 1 aromatic rings. The maximum Gasteiger partial charge on any atom is 0.334 e. The Kier molecular flexibility index (Phi) is 3.99. The van der Waals surface area contributed by atoms with E-state index in [1.165, 1.54) is 5.57 Å². The van der Waals surface area contributed by atoms with Gasteiger partial charge in [-0.15, -0.1) is 0 Å². The van der Waals surface area contributed by atoms with Crippen molar-refractivity contribution in [2.24, 2.45) is 11.3 Å². The minimum atomic E-state index is -0.269. The summed E-state index contributed by atoms with van der Waals surface area (Å²) < 4.78 is 11.8. The normalized spacial score (nSPS) is 30.3. The van der Waals surface area contributed by atoms with E-state index < -0.39 is 0 Å². The van der Waals surface area contributed by atoms with E-state index in [-0.39, 0.29) is 17.5 Å². The molecule has 1 aromatic heterocycles. The Morgan fingerprint density at radius 1 is 1.48 bits per heavy atom. The molecule has 23 heavy (non-hydrogen) atoms. The van der Waals surface area contributed by atoms with Crippen LogP contribution in [0.4, 0.5) is 0 Å². The quantitative estimate of drug-likeness (QED) is 0.435. The monoisotopic (exact) mass is 314 g/mol. The predicted octanol–water partition coefficient (Wildman–Crippen LogP) is 5.06. The van der Waals surface area contributed by atoms with Crippen LogP contribution in [0.15, 0.2) is 34.0 Å². The Balaban J connectivity index is 2.11. The maximum absolute atomic E-state index is 12.5. The maximum atomic E-state index is 12.5. The van der Waals surface area contributed by atoms with Gasteiger partial charge < -0.3 is 9.15 Å². The van der Waals surface area contributed by atoms with Gasteiger partial charge in [0.2, 0.25) is 0 Å². The second kappa shape index (κ2) is 5.70. The summed E-state index contributed by atoms with van der Waals surface area (Å²) in [4.78, 5) is 12.5. The third kappa shape index (κ3) is 2.37. The zero-order chi connectivity index (χ0) is 16.8. The predicted molar refractivity (Wildman–Crippen MR) is 90.0 cm³/mol. The molecule has 0 saturated carbocycles. The van der Waals surface area contributed by atoms with E-state index in [0.717, 1.165) is 36.1 Å². The molecular formula is C20H26O3. The lowest BCUT2D eigenvalue weighted by Gasteiger charge is -2.48. The first-order valence-corrected chi connectivity index (χ1v) is 8.49. The van der Waals surface area contributed by atoms with Crippen LogP contribution in [0.25, 0.3) is 0 Å². The van der Waals surface area contributed by atoms with E-state index in [4.69, 9.17) is 9.15 Å². The number of hydrogen-bond acceptors (Lipinski definition) is 3. The van der Waals surface area contributed by atoms with Gasteiger partial charge in [-0.25, -0.2) is 4.79 Å². The lowest BCUT2D eigenvalue weighted by molar-refractivity contribution is -0.153. The molecule has 3 atom stereocenters. The third-order valence-electron chi connectivity index (χ3n) is 5.95. The van der Waals surface area contributed by atoms with E-state index in [1.54, 1.807) is 19.3 Å². The van der Waals surface area contributed by atoms with Crippen LogP contribution < -0.4 is 0 Å². The molecule has 0 aromatic carbocycles. The molecule has 0 saturated heterocycles. The number of hydrogen-bond donors (Lipinski definition) is 0. The first kappa shape index (κ1) is 16.1. The highest BCUT2D eigenvalue weighted by Gasteiger charge is 2.51. The van der Waals surface area contributed by atoms with Gasteiger partial charge in [-0.05, 0) is 45.1 Å². The van der Waals surface area contributed by atoms with E-state index in [2.05, 4.69) is 19.9 Å². The minimum absolute atomic E-state index is 0.149. The van der Waals surface area contributed by atoms with Gasteiger partial charge in [0.15, 0.2) is 0 Å². The van der Waals surface area contributed by atoms with Gasteiger partial charge in [-0.3, -0.25) is 0 Å². The van der Waals surface area contributed by atoms with Gasteiger partial charge in [0.1, 0.15) is 11.9 Å². The van der Waals surface area contributed by atoms with Gasteiger partial charge in [0, 0.05) is 23.0 Å². The van der Waals surface area contributed by atoms with Crippen molar-refractivity contribution in [1.82, 2.24) is 0 Å². The number of allylic oxidation sites excluding steroid dienone is 2. The molecule has 3 rings (SSSR count). The smallest absolute Gasteiger partial charge is 0.334 e.